The van der Waals surface area contributed by atoms with Crippen LogP contribution in [0.15, 0.2) is 29.3 Å². The van der Waals surface area contributed by atoms with Gasteiger partial charge in [0.1, 0.15) is 5.82 Å². The van der Waals surface area contributed by atoms with Crippen molar-refractivity contribution in [1.82, 2.24) is 19.0 Å². The van der Waals surface area contributed by atoms with E-state index in [1.807, 2.05) is 20.2 Å². The molecule has 1 aliphatic rings. The third-order valence-corrected chi connectivity index (χ3v) is 4.73. The van der Waals surface area contributed by atoms with Gasteiger partial charge in [0.2, 0.25) is 0 Å². The second kappa shape index (κ2) is 6.08. The fourth-order valence-electron chi connectivity index (χ4n) is 3.18. The van der Waals surface area contributed by atoms with Crippen LogP contribution in [0, 0.1) is 6.92 Å². The standard InChI is InChI=1S/C17H24N4O/c1-13-18-16(11-20(13)3)12-21-8-5-14(6-9-21)15-4-7-19(2)17(22)10-15/h4,7,10-11,14H,5-6,8-9,12H2,1-3H3. The van der Waals surface area contributed by atoms with Gasteiger partial charge in [-0.15, -0.1) is 0 Å². The fraction of sp³-hybridized carbons (Fsp3) is 0.529. The summed E-state index contributed by atoms with van der Waals surface area (Å²) in [6.45, 7) is 5.08. The number of piperidine rings is 1. The van der Waals surface area contributed by atoms with E-state index in [1.54, 1.807) is 17.7 Å². The predicted molar refractivity (Wildman–Crippen MR) is 86.9 cm³/mol. The first-order valence-corrected chi connectivity index (χ1v) is 7.90. The van der Waals surface area contributed by atoms with E-state index in [9.17, 15) is 4.79 Å². The molecular formula is C17H24N4O. The second-order valence-electron chi connectivity index (χ2n) is 6.35. The molecule has 0 radical (unpaired) electrons. The van der Waals surface area contributed by atoms with E-state index in [0.717, 1.165) is 44.0 Å². The fourth-order valence-corrected chi connectivity index (χ4v) is 3.18. The zero-order valence-corrected chi connectivity index (χ0v) is 13.6. The van der Waals surface area contributed by atoms with Crippen LogP contribution in [-0.2, 0) is 20.6 Å². The lowest BCUT2D eigenvalue weighted by Gasteiger charge is -2.31. The van der Waals surface area contributed by atoms with Crippen molar-refractivity contribution in [2.24, 2.45) is 14.1 Å². The zero-order chi connectivity index (χ0) is 15.7. The third-order valence-electron chi connectivity index (χ3n) is 4.73. The average Bonchev–Trinajstić information content (AvgIpc) is 2.81. The smallest absolute Gasteiger partial charge is 0.250 e. The van der Waals surface area contributed by atoms with Gasteiger partial charge in [0.25, 0.3) is 5.56 Å². The molecule has 22 heavy (non-hydrogen) atoms. The molecule has 0 bridgehead atoms. The van der Waals surface area contributed by atoms with Gasteiger partial charge in [-0.2, -0.15) is 0 Å². The number of pyridine rings is 1. The quantitative estimate of drug-likeness (QED) is 0.868. The van der Waals surface area contributed by atoms with Crippen LogP contribution in [0.5, 0.6) is 0 Å². The number of hydrogen-bond donors (Lipinski definition) is 0. The Balaban J connectivity index is 1.60. The summed E-state index contributed by atoms with van der Waals surface area (Å²) in [5, 5.41) is 0. The molecule has 0 N–H and O–H groups in total. The summed E-state index contributed by atoms with van der Waals surface area (Å²) in [6, 6.07) is 3.88. The maximum Gasteiger partial charge on any atom is 0.250 e. The van der Waals surface area contributed by atoms with Crippen molar-refractivity contribution in [3.8, 4) is 0 Å². The molecule has 2 aromatic rings. The molecule has 118 valence electrons. The molecule has 0 spiro atoms. The first-order valence-electron chi connectivity index (χ1n) is 7.90. The summed E-state index contributed by atoms with van der Waals surface area (Å²) in [5.41, 5.74) is 2.42. The Kier molecular flexibility index (Phi) is 4.16. The molecule has 3 rings (SSSR count). The van der Waals surface area contributed by atoms with Crippen molar-refractivity contribution in [2.75, 3.05) is 13.1 Å². The first-order chi connectivity index (χ1) is 10.5. The van der Waals surface area contributed by atoms with Gasteiger partial charge in [-0.05, 0) is 50.4 Å². The van der Waals surface area contributed by atoms with Crippen molar-refractivity contribution in [1.29, 1.82) is 0 Å². The van der Waals surface area contributed by atoms with E-state index in [2.05, 4.69) is 26.7 Å². The number of aryl methyl sites for hydroxylation is 3. The molecule has 3 heterocycles. The van der Waals surface area contributed by atoms with E-state index in [0.29, 0.717) is 5.92 Å². The maximum absolute atomic E-state index is 11.8. The van der Waals surface area contributed by atoms with Gasteiger partial charge >= 0.3 is 0 Å². The normalized spacial score (nSPS) is 17.0. The van der Waals surface area contributed by atoms with Crippen molar-refractivity contribution < 1.29 is 0 Å². The highest BCUT2D eigenvalue weighted by atomic mass is 16.1. The van der Waals surface area contributed by atoms with Crippen LogP contribution in [-0.4, -0.2) is 32.1 Å². The van der Waals surface area contributed by atoms with E-state index >= 15 is 0 Å². The van der Waals surface area contributed by atoms with Crippen LogP contribution in [0.1, 0.15) is 35.8 Å². The molecule has 0 aromatic carbocycles. The summed E-state index contributed by atoms with van der Waals surface area (Å²) in [4.78, 5) is 18.8. The number of nitrogens with zero attached hydrogens (tertiary/aromatic N) is 4. The van der Waals surface area contributed by atoms with Gasteiger partial charge in [-0.1, -0.05) is 0 Å². The largest absolute Gasteiger partial charge is 0.338 e. The number of likely N-dealkylation sites (tertiary alicyclic amines) is 1. The summed E-state index contributed by atoms with van der Waals surface area (Å²) in [6.07, 6.45) is 6.21. The lowest BCUT2D eigenvalue weighted by atomic mass is 9.90. The molecule has 5 heteroatoms. The number of rotatable bonds is 3. The predicted octanol–water partition coefficient (Wildman–Crippen LogP) is 1.81. The number of aromatic nitrogens is 3. The molecule has 5 nitrogen and oxygen atoms in total. The SMILES string of the molecule is Cc1nc(CN2CCC(c3ccn(C)c(=O)c3)CC2)cn1C. The lowest BCUT2D eigenvalue weighted by molar-refractivity contribution is 0.202. The lowest BCUT2D eigenvalue weighted by Crippen LogP contribution is -2.33. The second-order valence-corrected chi connectivity index (χ2v) is 6.35. The van der Waals surface area contributed by atoms with Crippen molar-refractivity contribution in [2.45, 2.75) is 32.2 Å². The van der Waals surface area contributed by atoms with Gasteiger partial charge in [0.15, 0.2) is 0 Å². The van der Waals surface area contributed by atoms with Crippen molar-refractivity contribution in [3.63, 3.8) is 0 Å². The van der Waals surface area contributed by atoms with Gasteiger partial charge in [-0.3, -0.25) is 9.69 Å². The summed E-state index contributed by atoms with van der Waals surface area (Å²) < 4.78 is 3.70. The van der Waals surface area contributed by atoms with Gasteiger partial charge in [-0.25, -0.2) is 4.98 Å². The molecule has 0 saturated carbocycles. The molecule has 2 aromatic heterocycles. The minimum atomic E-state index is 0.0869. The first kappa shape index (κ1) is 15.0. The summed E-state index contributed by atoms with van der Waals surface area (Å²) in [7, 11) is 3.83. The van der Waals surface area contributed by atoms with E-state index in [-0.39, 0.29) is 5.56 Å². The molecule has 1 saturated heterocycles. The highest BCUT2D eigenvalue weighted by Crippen LogP contribution is 2.27. The Morgan fingerprint density at radius 1 is 1.23 bits per heavy atom. The Morgan fingerprint density at radius 2 is 1.95 bits per heavy atom. The monoisotopic (exact) mass is 300 g/mol. The number of imidazole rings is 1. The molecule has 0 unspecified atom stereocenters. The van der Waals surface area contributed by atoms with E-state index < -0.39 is 0 Å². The molecule has 0 aliphatic carbocycles. The van der Waals surface area contributed by atoms with Crippen LogP contribution in [0.3, 0.4) is 0 Å². The van der Waals surface area contributed by atoms with Crippen molar-refractivity contribution >= 4 is 0 Å². The molecular weight excluding hydrogens is 276 g/mol. The Hall–Kier alpha value is -1.88. The van der Waals surface area contributed by atoms with Crippen LogP contribution in [0.2, 0.25) is 0 Å². The molecule has 1 fully saturated rings. The van der Waals surface area contributed by atoms with Gasteiger partial charge in [0, 0.05) is 39.1 Å². The maximum atomic E-state index is 11.8. The Morgan fingerprint density at radius 3 is 2.55 bits per heavy atom. The van der Waals surface area contributed by atoms with Crippen LogP contribution in [0.25, 0.3) is 0 Å². The molecule has 0 amide bonds. The van der Waals surface area contributed by atoms with Crippen LogP contribution < -0.4 is 5.56 Å². The highest BCUT2D eigenvalue weighted by Gasteiger charge is 2.21. The van der Waals surface area contributed by atoms with E-state index in [1.165, 1.54) is 5.56 Å². The van der Waals surface area contributed by atoms with Gasteiger partial charge < -0.3 is 9.13 Å². The Labute approximate surface area is 131 Å². The zero-order valence-electron chi connectivity index (χ0n) is 13.6. The van der Waals surface area contributed by atoms with Crippen LogP contribution >= 0.6 is 0 Å². The van der Waals surface area contributed by atoms with Gasteiger partial charge in [0.05, 0.1) is 5.69 Å². The van der Waals surface area contributed by atoms with E-state index in [4.69, 9.17) is 0 Å². The average molecular weight is 300 g/mol. The van der Waals surface area contributed by atoms with Crippen molar-refractivity contribution in [3.05, 3.63) is 52.0 Å². The molecule has 0 atom stereocenters. The summed E-state index contributed by atoms with van der Waals surface area (Å²) in [5.74, 6) is 1.57. The third kappa shape index (κ3) is 3.14. The highest BCUT2D eigenvalue weighted by molar-refractivity contribution is 5.17. The summed E-state index contributed by atoms with van der Waals surface area (Å²) >= 11 is 0. The Bertz CT molecular complexity index is 688. The topological polar surface area (TPSA) is 43.1 Å². The minimum absolute atomic E-state index is 0.0869. The minimum Gasteiger partial charge on any atom is -0.338 e. The van der Waals surface area contributed by atoms with Crippen LogP contribution in [0.4, 0.5) is 0 Å². The number of hydrogen-bond acceptors (Lipinski definition) is 3. The molecule has 1 aliphatic heterocycles.